The maximum absolute atomic E-state index is 13.1. The van der Waals surface area contributed by atoms with Crippen molar-refractivity contribution in [2.24, 2.45) is 0 Å². The third-order valence-corrected chi connectivity index (χ3v) is 5.29. The lowest BCUT2D eigenvalue weighted by Crippen LogP contribution is -2.37. The summed E-state index contributed by atoms with van der Waals surface area (Å²) < 4.78 is 45.2. The van der Waals surface area contributed by atoms with Crippen LogP contribution < -0.4 is 4.90 Å². The van der Waals surface area contributed by atoms with E-state index in [-0.39, 0.29) is 24.6 Å². The van der Waals surface area contributed by atoms with Crippen LogP contribution in [0.3, 0.4) is 0 Å². The third kappa shape index (κ3) is 3.22. The van der Waals surface area contributed by atoms with Crippen LogP contribution in [0.15, 0.2) is 64.3 Å². The Balaban J connectivity index is 1.82. The monoisotopic (exact) mass is 451 g/mol. The molecule has 2 aliphatic heterocycles. The molecule has 4 nitrogen and oxygen atoms in total. The second kappa shape index (κ2) is 6.77. The number of alkyl halides is 3. The summed E-state index contributed by atoms with van der Waals surface area (Å²) in [6.45, 7) is -0.152. The lowest BCUT2D eigenvalue weighted by atomic mass is 9.84. The Hall–Kier alpha value is -2.61. The molecule has 4 rings (SSSR count). The minimum absolute atomic E-state index is 0.0410. The van der Waals surface area contributed by atoms with Crippen molar-refractivity contribution in [2.75, 3.05) is 11.5 Å². The van der Waals surface area contributed by atoms with Crippen LogP contribution in [0.4, 0.5) is 18.9 Å². The molecule has 0 spiro atoms. The van der Waals surface area contributed by atoms with Gasteiger partial charge in [-0.1, -0.05) is 34.1 Å². The van der Waals surface area contributed by atoms with Gasteiger partial charge in [-0.2, -0.15) is 13.2 Å². The van der Waals surface area contributed by atoms with E-state index in [2.05, 4.69) is 15.9 Å². The lowest BCUT2D eigenvalue weighted by Gasteiger charge is -2.32. The topological polar surface area (TPSA) is 46.6 Å². The van der Waals surface area contributed by atoms with Crippen molar-refractivity contribution in [2.45, 2.75) is 18.5 Å². The number of carbonyl (C=O) groups excluding carboxylic acids is 2. The zero-order valence-corrected chi connectivity index (χ0v) is 15.9. The highest BCUT2D eigenvalue weighted by Crippen LogP contribution is 2.43. The molecule has 2 aromatic rings. The molecule has 1 amide bonds. The SMILES string of the molecule is O=C1OCC2=C1[C@H](c1cccc(Br)c1)CC(=O)N2c1cccc(C(F)(F)F)c1. The van der Waals surface area contributed by atoms with Gasteiger partial charge in [0.25, 0.3) is 0 Å². The van der Waals surface area contributed by atoms with E-state index in [0.29, 0.717) is 11.3 Å². The Kier molecular flexibility index (Phi) is 4.53. The number of rotatable bonds is 2. The van der Waals surface area contributed by atoms with Gasteiger partial charge in [0.2, 0.25) is 5.91 Å². The van der Waals surface area contributed by atoms with Crippen molar-refractivity contribution in [3.8, 4) is 0 Å². The van der Waals surface area contributed by atoms with Crippen LogP contribution in [0, 0.1) is 0 Å². The number of ether oxygens (including phenoxy) is 1. The fourth-order valence-corrected chi connectivity index (χ4v) is 4.00. The average molecular weight is 452 g/mol. The summed E-state index contributed by atoms with van der Waals surface area (Å²) in [7, 11) is 0. The van der Waals surface area contributed by atoms with Gasteiger partial charge in [0, 0.05) is 22.5 Å². The standard InChI is InChI=1S/C20H13BrF3NO3/c21-13-5-1-3-11(7-13)15-9-17(26)25(16-10-28-19(27)18(15)16)14-6-2-4-12(8-14)20(22,23)24/h1-8,15H,9-10H2/t15-/m0/s1. The molecule has 1 atom stereocenters. The van der Waals surface area contributed by atoms with Crippen LogP contribution in [0.2, 0.25) is 0 Å². The average Bonchev–Trinajstić information content (AvgIpc) is 3.02. The number of amides is 1. The molecule has 2 aliphatic rings. The van der Waals surface area contributed by atoms with Gasteiger partial charge in [-0.15, -0.1) is 0 Å². The van der Waals surface area contributed by atoms with E-state index in [1.165, 1.54) is 17.0 Å². The van der Waals surface area contributed by atoms with Crippen molar-refractivity contribution in [3.63, 3.8) is 0 Å². The molecule has 0 aliphatic carbocycles. The van der Waals surface area contributed by atoms with E-state index in [0.717, 1.165) is 22.2 Å². The van der Waals surface area contributed by atoms with Gasteiger partial charge in [0.15, 0.2) is 0 Å². The fraction of sp³-hybridized carbons (Fsp3) is 0.200. The first-order valence-electron chi connectivity index (χ1n) is 8.41. The number of esters is 1. The molecule has 0 saturated carbocycles. The van der Waals surface area contributed by atoms with Crippen molar-refractivity contribution in [1.29, 1.82) is 0 Å². The maximum atomic E-state index is 13.1. The quantitative estimate of drug-likeness (QED) is 0.616. The molecule has 0 radical (unpaired) electrons. The highest BCUT2D eigenvalue weighted by atomic mass is 79.9. The van der Waals surface area contributed by atoms with Crippen LogP contribution in [0.1, 0.15) is 23.5 Å². The zero-order chi connectivity index (χ0) is 20.1. The van der Waals surface area contributed by atoms with Crippen LogP contribution in [-0.4, -0.2) is 18.5 Å². The summed E-state index contributed by atoms with van der Waals surface area (Å²) in [4.78, 5) is 26.5. The van der Waals surface area contributed by atoms with Gasteiger partial charge in [-0.25, -0.2) is 4.79 Å². The number of hydrogen-bond donors (Lipinski definition) is 0. The van der Waals surface area contributed by atoms with Crippen LogP contribution in [0.5, 0.6) is 0 Å². The first kappa shape index (κ1) is 18.7. The normalized spacial score (nSPS) is 19.7. The predicted octanol–water partition coefficient (Wildman–Crippen LogP) is 4.80. The summed E-state index contributed by atoms with van der Waals surface area (Å²) in [5.41, 5.74) is 0.580. The van der Waals surface area contributed by atoms with Crippen LogP contribution in [-0.2, 0) is 20.5 Å². The van der Waals surface area contributed by atoms with E-state index in [9.17, 15) is 22.8 Å². The van der Waals surface area contributed by atoms with Gasteiger partial charge >= 0.3 is 12.1 Å². The van der Waals surface area contributed by atoms with Gasteiger partial charge in [-0.3, -0.25) is 9.69 Å². The Bertz CT molecular complexity index is 1020. The van der Waals surface area contributed by atoms with E-state index in [1.807, 2.05) is 12.1 Å². The Morgan fingerprint density at radius 3 is 2.54 bits per heavy atom. The molecule has 28 heavy (non-hydrogen) atoms. The fourth-order valence-electron chi connectivity index (χ4n) is 3.58. The van der Waals surface area contributed by atoms with Gasteiger partial charge in [0.1, 0.15) is 6.61 Å². The molecular weight excluding hydrogens is 439 g/mol. The minimum atomic E-state index is -4.53. The first-order valence-corrected chi connectivity index (χ1v) is 9.21. The van der Waals surface area contributed by atoms with Gasteiger partial charge < -0.3 is 4.74 Å². The molecule has 0 N–H and O–H groups in total. The maximum Gasteiger partial charge on any atom is 0.416 e. The number of halogens is 4. The highest BCUT2D eigenvalue weighted by Gasteiger charge is 2.43. The number of benzene rings is 2. The Morgan fingerprint density at radius 1 is 1.07 bits per heavy atom. The second-order valence-electron chi connectivity index (χ2n) is 6.53. The van der Waals surface area contributed by atoms with E-state index in [1.54, 1.807) is 12.1 Å². The number of anilines is 1. The summed E-state index contributed by atoms with van der Waals surface area (Å²) in [6, 6.07) is 11.7. The first-order chi connectivity index (χ1) is 13.3. The number of hydrogen-bond acceptors (Lipinski definition) is 3. The van der Waals surface area contributed by atoms with Crippen LogP contribution >= 0.6 is 15.9 Å². The van der Waals surface area contributed by atoms with Crippen molar-refractivity contribution in [3.05, 3.63) is 75.4 Å². The number of carbonyl (C=O) groups is 2. The van der Waals surface area contributed by atoms with Gasteiger partial charge in [-0.05, 0) is 35.9 Å². The van der Waals surface area contributed by atoms with Crippen molar-refractivity contribution >= 4 is 33.5 Å². The molecule has 0 unspecified atom stereocenters. The molecular formula is C20H13BrF3NO3. The predicted molar refractivity (Wildman–Crippen MR) is 98.4 cm³/mol. The zero-order valence-electron chi connectivity index (χ0n) is 14.3. The van der Waals surface area contributed by atoms with E-state index >= 15 is 0 Å². The second-order valence-corrected chi connectivity index (χ2v) is 7.44. The number of nitrogens with zero attached hydrogens (tertiary/aromatic N) is 1. The smallest absolute Gasteiger partial charge is 0.416 e. The molecule has 0 bridgehead atoms. The molecule has 0 fully saturated rings. The summed E-state index contributed by atoms with van der Waals surface area (Å²) in [6.07, 6.45) is -4.58. The van der Waals surface area contributed by atoms with Crippen LogP contribution in [0.25, 0.3) is 0 Å². The van der Waals surface area contributed by atoms with Crippen molar-refractivity contribution < 1.29 is 27.5 Å². The number of cyclic esters (lactones) is 1. The molecule has 144 valence electrons. The summed E-state index contributed by atoms with van der Waals surface area (Å²) in [5, 5.41) is 0. The molecule has 2 heterocycles. The highest BCUT2D eigenvalue weighted by molar-refractivity contribution is 9.10. The molecule has 8 heteroatoms. The minimum Gasteiger partial charge on any atom is -0.456 e. The van der Waals surface area contributed by atoms with E-state index < -0.39 is 23.6 Å². The molecule has 0 saturated heterocycles. The summed E-state index contributed by atoms with van der Waals surface area (Å²) in [5.74, 6) is -1.44. The summed E-state index contributed by atoms with van der Waals surface area (Å²) >= 11 is 3.37. The molecule has 0 aromatic heterocycles. The largest absolute Gasteiger partial charge is 0.456 e. The van der Waals surface area contributed by atoms with Gasteiger partial charge in [0.05, 0.1) is 16.8 Å². The molecule has 2 aromatic carbocycles. The lowest BCUT2D eigenvalue weighted by molar-refractivity contribution is -0.138. The third-order valence-electron chi connectivity index (χ3n) is 4.80. The van der Waals surface area contributed by atoms with E-state index in [4.69, 9.17) is 4.74 Å². The Labute approximate surface area is 166 Å². The Morgan fingerprint density at radius 2 is 1.82 bits per heavy atom. The van der Waals surface area contributed by atoms with Crippen molar-refractivity contribution in [1.82, 2.24) is 0 Å².